The number of fused-ring (bicyclic) bond motifs is 1. The van der Waals surface area contributed by atoms with Crippen LogP contribution in [0.15, 0.2) is 60.7 Å². The van der Waals surface area contributed by atoms with Gasteiger partial charge in [0.15, 0.2) is 11.5 Å². The van der Waals surface area contributed by atoms with Gasteiger partial charge in [0.1, 0.15) is 18.5 Å². The van der Waals surface area contributed by atoms with Gasteiger partial charge in [-0.25, -0.2) is 4.98 Å². The first-order valence-electron chi connectivity index (χ1n) is 9.79. The number of nitro groups is 1. The average Bonchev–Trinajstić information content (AvgIpc) is 3.26. The van der Waals surface area contributed by atoms with Gasteiger partial charge in [0.2, 0.25) is 0 Å². The van der Waals surface area contributed by atoms with Crippen LogP contribution in [0.1, 0.15) is 17.0 Å². The van der Waals surface area contributed by atoms with Crippen LogP contribution in [-0.2, 0) is 6.61 Å². The largest absolute Gasteiger partial charge is 0.493 e. The van der Waals surface area contributed by atoms with Crippen LogP contribution < -0.4 is 9.47 Å². The van der Waals surface area contributed by atoms with E-state index in [-0.39, 0.29) is 12.3 Å². The van der Waals surface area contributed by atoms with Gasteiger partial charge in [-0.15, -0.1) is 0 Å². The normalized spacial score (nSPS) is 11.2. The Bertz CT molecular complexity index is 1370. The molecule has 0 fully saturated rings. The van der Waals surface area contributed by atoms with Gasteiger partial charge in [0.25, 0.3) is 5.69 Å². The Morgan fingerprint density at radius 2 is 2.00 bits per heavy atom. The van der Waals surface area contributed by atoms with E-state index in [2.05, 4.69) is 38.6 Å². The van der Waals surface area contributed by atoms with E-state index in [9.17, 15) is 15.4 Å². The second-order valence-electron chi connectivity index (χ2n) is 7.02. The molecule has 1 aromatic heterocycles. The van der Waals surface area contributed by atoms with Crippen molar-refractivity contribution in [2.45, 2.75) is 6.61 Å². The predicted molar refractivity (Wildman–Crippen MR) is 133 cm³/mol. The standard InChI is InChI=1S/C24H17IN4O4/c1-32-22-12-16(10-17(13-26)24-27-20-4-2-3-5-21(20)28-24)11-19(25)23(22)33-14-15-6-8-18(9-7-15)29(30)31/h2-12H,14H2,1H3,(H,27,28)/b17-10-. The number of nitrogens with zero attached hydrogens (tertiary/aromatic N) is 3. The topological polar surface area (TPSA) is 114 Å². The summed E-state index contributed by atoms with van der Waals surface area (Å²) >= 11 is 2.15. The van der Waals surface area contributed by atoms with Crippen LogP contribution in [-0.4, -0.2) is 22.0 Å². The van der Waals surface area contributed by atoms with Crippen LogP contribution in [0.3, 0.4) is 0 Å². The third kappa shape index (κ3) is 4.96. The van der Waals surface area contributed by atoms with Crippen molar-refractivity contribution < 1.29 is 14.4 Å². The van der Waals surface area contributed by atoms with Crippen LogP contribution in [0.25, 0.3) is 22.7 Å². The number of para-hydroxylation sites is 2. The Labute approximate surface area is 202 Å². The molecule has 0 bridgehead atoms. The molecule has 0 saturated heterocycles. The molecular formula is C24H17IN4O4. The third-order valence-electron chi connectivity index (χ3n) is 4.86. The lowest BCUT2D eigenvalue weighted by Gasteiger charge is -2.14. The van der Waals surface area contributed by atoms with Crippen molar-refractivity contribution in [1.82, 2.24) is 9.97 Å². The van der Waals surface area contributed by atoms with E-state index in [1.54, 1.807) is 31.4 Å². The van der Waals surface area contributed by atoms with E-state index >= 15 is 0 Å². The summed E-state index contributed by atoms with van der Waals surface area (Å²) in [4.78, 5) is 18.0. The molecule has 4 aromatic rings. The van der Waals surface area contributed by atoms with Crippen LogP contribution in [0.4, 0.5) is 5.69 Å². The molecule has 9 heteroatoms. The maximum absolute atomic E-state index is 10.8. The van der Waals surface area contributed by atoms with E-state index in [1.807, 2.05) is 30.3 Å². The number of ether oxygens (including phenoxy) is 2. The molecule has 164 valence electrons. The Kier molecular flexibility index (Phi) is 6.55. The molecule has 0 spiro atoms. The van der Waals surface area contributed by atoms with E-state index < -0.39 is 4.92 Å². The number of rotatable bonds is 7. The van der Waals surface area contributed by atoms with Gasteiger partial charge >= 0.3 is 0 Å². The number of nitrogens with one attached hydrogen (secondary N) is 1. The Hall–Kier alpha value is -3.91. The van der Waals surface area contributed by atoms with Crippen LogP contribution in [0.2, 0.25) is 0 Å². The summed E-state index contributed by atoms with van der Waals surface area (Å²) in [5.74, 6) is 1.55. The van der Waals surface area contributed by atoms with Gasteiger partial charge < -0.3 is 14.5 Å². The Morgan fingerprint density at radius 1 is 1.24 bits per heavy atom. The quantitative estimate of drug-likeness (QED) is 0.136. The van der Waals surface area contributed by atoms with Crippen molar-refractivity contribution >= 4 is 51.0 Å². The van der Waals surface area contributed by atoms with Gasteiger partial charge in [-0.3, -0.25) is 10.1 Å². The third-order valence-corrected chi connectivity index (χ3v) is 5.66. The molecule has 0 aliphatic heterocycles. The highest BCUT2D eigenvalue weighted by molar-refractivity contribution is 14.1. The number of aromatic amines is 1. The highest BCUT2D eigenvalue weighted by atomic mass is 127. The first-order chi connectivity index (χ1) is 16.0. The molecule has 0 saturated carbocycles. The van der Waals surface area contributed by atoms with Gasteiger partial charge in [0.05, 0.1) is 32.2 Å². The molecular weight excluding hydrogens is 535 g/mol. The number of allylic oxidation sites excluding steroid dienone is 1. The zero-order chi connectivity index (χ0) is 23.4. The molecule has 0 aliphatic rings. The lowest BCUT2D eigenvalue weighted by atomic mass is 10.1. The highest BCUT2D eigenvalue weighted by Gasteiger charge is 2.14. The number of H-pyrrole nitrogens is 1. The van der Waals surface area contributed by atoms with E-state index in [0.717, 1.165) is 25.7 Å². The number of aromatic nitrogens is 2. The average molecular weight is 552 g/mol. The summed E-state index contributed by atoms with van der Waals surface area (Å²) in [6.45, 7) is 0.224. The number of nitro benzene ring substituents is 1. The molecule has 0 amide bonds. The monoisotopic (exact) mass is 552 g/mol. The summed E-state index contributed by atoms with van der Waals surface area (Å²) < 4.78 is 12.3. The van der Waals surface area contributed by atoms with Crippen LogP contribution >= 0.6 is 22.6 Å². The molecule has 3 aromatic carbocycles. The number of imidazole rings is 1. The van der Waals surface area contributed by atoms with Gasteiger partial charge in [-0.1, -0.05) is 12.1 Å². The zero-order valence-corrected chi connectivity index (χ0v) is 19.6. The van der Waals surface area contributed by atoms with Gasteiger partial charge in [0, 0.05) is 12.1 Å². The number of halogens is 1. The van der Waals surface area contributed by atoms with Crippen molar-refractivity contribution in [2.75, 3.05) is 7.11 Å². The number of hydrogen-bond acceptors (Lipinski definition) is 6. The molecule has 33 heavy (non-hydrogen) atoms. The first kappa shape index (κ1) is 22.3. The number of methoxy groups -OCH3 is 1. The van der Waals surface area contributed by atoms with Crippen molar-refractivity contribution in [2.24, 2.45) is 0 Å². The fourth-order valence-corrected chi connectivity index (χ4v) is 4.01. The van der Waals surface area contributed by atoms with E-state index in [1.165, 1.54) is 12.1 Å². The number of nitriles is 1. The molecule has 0 unspecified atom stereocenters. The minimum Gasteiger partial charge on any atom is -0.493 e. The maximum Gasteiger partial charge on any atom is 0.269 e. The summed E-state index contributed by atoms with van der Waals surface area (Å²) in [6.07, 6.45) is 1.74. The van der Waals surface area contributed by atoms with E-state index in [4.69, 9.17) is 9.47 Å². The van der Waals surface area contributed by atoms with Crippen molar-refractivity contribution in [3.8, 4) is 17.6 Å². The molecule has 0 radical (unpaired) electrons. The van der Waals surface area contributed by atoms with Crippen molar-refractivity contribution in [3.63, 3.8) is 0 Å². The molecule has 0 atom stereocenters. The molecule has 8 nitrogen and oxygen atoms in total. The number of benzene rings is 3. The van der Waals surface area contributed by atoms with E-state index in [0.29, 0.717) is 22.9 Å². The summed E-state index contributed by atoms with van der Waals surface area (Å²) in [5.41, 5.74) is 3.62. The highest BCUT2D eigenvalue weighted by Crippen LogP contribution is 2.35. The Morgan fingerprint density at radius 3 is 2.67 bits per heavy atom. The van der Waals surface area contributed by atoms with Crippen LogP contribution in [0.5, 0.6) is 11.5 Å². The number of hydrogen-bond donors (Lipinski definition) is 1. The lowest BCUT2D eigenvalue weighted by molar-refractivity contribution is -0.384. The molecule has 4 rings (SSSR count). The van der Waals surface area contributed by atoms with Crippen LogP contribution in [0, 0.1) is 25.0 Å². The SMILES string of the molecule is COc1cc(/C=C(/C#N)c2nc3ccccc3[nH]2)cc(I)c1OCc1ccc([N+](=O)[O-])cc1. The second-order valence-corrected chi connectivity index (χ2v) is 8.18. The summed E-state index contributed by atoms with van der Waals surface area (Å²) in [7, 11) is 1.54. The van der Waals surface area contributed by atoms with Gasteiger partial charge in [-0.05, 0) is 76.2 Å². The lowest BCUT2D eigenvalue weighted by Crippen LogP contribution is -2.00. The fourth-order valence-electron chi connectivity index (χ4n) is 3.23. The molecule has 0 aliphatic carbocycles. The smallest absolute Gasteiger partial charge is 0.269 e. The summed E-state index contributed by atoms with van der Waals surface area (Å²) in [6, 6.07) is 19.6. The summed E-state index contributed by atoms with van der Waals surface area (Å²) in [5, 5.41) is 20.5. The fraction of sp³-hybridized carbons (Fsp3) is 0.0833. The van der Waals surface area contributed by atoms with Gasteiger partial charge in [-0.2, -0.15) is 5.26 Å². The van der Waals surface area contributed by atoms with Crippen molar-refractivity contribution in [3.05, 3.63) is 91.3 Å². The second kappa shape index (κ2) is 9.70. The Balaban J connectivity index is 1.59. The zero-order valence-electron chi connectivity index (χ0n) is 17.4. The minimum atomic E-state index is -0.441. The predicted octanol–water partition coefficient (Wildman–Crippen LogP) is 5.73. The molecule has 1 heterocycles. The molecule has 1 N–H and O–H groups in total. The maximum atomic E-state index is 10.8. The number of non-ortho nitro benzene ring substituents is 1. The first-order valence-corrected chi connectivity index (χ1v) is 10.9. The van der Waals surface area contributed by atoms with Crippen molar-refractivity contribution in [1.29, 1.82) is 5.26 Å². The minimum absolute atomic E-state index is 0.0276.